The summed E-state index contributed by atoms with van der Waals surface area (Å²) in [6.45, 7) is -0.0767. The Kier molecular flexibility index (Phi) is 4.11. The summed E-state index contributed by atoms with van der Waals surface area (Å²) in [7, 11) is 0. The van der Waals surface area contributed by atoms with Crippen LogP contribution in [0.2, 0.25) is 0 Å². The number of nitrogens with one attached hydrogen (secondary N) is 2. The first-order valence-electron chi connectivity index (χ1n) is 6.37. The molecule has 1 aliphatic rings. The van der Waals surface area contributed by atoms with Gasteiger partial charge in [-0.05, 0) is 25.0 Å². The van der Waals surface area contributed by atoms with Crippen LogP contribution < -0.4 is 16.4 Å². The minimum atomic E-state index is -0.797. The second kappa shape index (κ2) is 5.79. The maximum absolute atomic E-state index is 11.9. The number of rotatable bonds is 4. The van der Waals surface area contributed by atoms with Gasteiger partial charge >= 0.3 is 0 Å². The molecule has 1 saturated carbocycles. The molecule has 1 fully saturated rings. The second-order valence-electron chi connectivity index (χ2n) is 4.84. The summed E-state index contributed by atoms with van der Waals surface area (Å²) in [6, 6.07) is 3.45. The Morgan fingerprint density at radius 2 is 2.11 bits per heavy atom. The maximum Gasteiger partial charge on any atom is 0.243 e. The number of pyridine rings is 1. The van der Waals surface area contributed by atoms with Gasteiger partial charge in [0.2, 0.25) is 11.8 Å². The molecular weight excluding hydrogens is 244 g/mol. The number of carbonyl (C=O) groups is 2. The van der Waals surface area contributed by atoms with Crippen LogP contribution in [0.15, 0.2) is 24.5 Å². The van der Waals surface area contributed by atoms with E-state index in [4.69, 9.17) is 5.73 Å². The molecule has 0 spiro atoms. The molecule has 0 aliphatic heterocycles. The van der Waals surface area contributed by atoms with Crippen LogP contribution in [0, 0.1) is 0 Å². The molecule has 0 aromatic carbocycles. The Labute approximate surface area is 111 Å². The quantitative estimate of drug-likeness (QED) is 0.732. The topological polar surface area (TPSA) is 97.1 Å². The van der Waals surface area contributed by atoms with E-state index in [0.29, 0.717) is 18.5 Å². The van der Waals surface area contributed by atoms with E-state index in [0.717, 1.165) is 12.8 Å². The van der Waals surface area contributed by atoms with Crippen molar-refractivity contribution < 1.29 is 9.59 Å². The molecule has 1 aromatic heterocycles. The number of hydrogen-bond donors (Lipinski definition) is 3. The Bertz CT molecular complexity index is 455. The van der Waals surface area contributed by atoms with Crippen molar-refractivity contribution in [2.75, 3.05) is 11.9 Å². The molecule has 1 aliphatic carbocycles. The highest BCUT2D eigenvalue weighted by molar-refractivity contribution is 5.96. The molecule has 2 rings (SSSR count). The fourth-order valence-electron chi connectivity index (χ4n) is 2.21. The third-order valence-corrected chi connectivity index (χ3v) is 3.30. The molecule has 0 radical (unpaired) electrons. The summed E-state index contributed by atoms with van der Waals surface area (Å²) in [6.07, 6.45) is 6.46. The van der Waals surface area contributed by atoms with E-state index in [-0.39, 0.29) is 18.4 Å². The molecule has 6 nitrogen and oxygen atoms in total. The highest BCUT2D eigenvalue weighted by Gasteiger charge is 2.36. The van der Waals surface area contributed by atoms with Gasteiger partial charge in [0.1, 0.15) is 0 Å². The van der Waals surface area contributed by atoms with E-state index in [1.807, 2.05) is 0 Å². The second-order valence-corrected chi connectivity index (χ2v) is 4.84. The number of nitrogens with two attached hydrogens (primary N) is 1. The highest BCUT2D eigenvalue weighted by atomic mass is 16.2. The smallest absolute Gasteiger partial charge is 0.243 e. The molecule has 0 atom stereocenters. The standard InChI is InChI=1S/C13H18N4O2/c14-13(5-1-2-6-13)12(19)16-9-11(18)17-10-4-3-7-15-8-10/h3-4,7-8H,1-2,5-6,9,14H2,(H,16,19)(H,17,18). The first kappa shape index (κ1) is 13.5. The van der Waals surface area contributed by atoms with Gasteiger partial charge in [-0.1, -0.05) is 12.8 Å². The first-order valence-corrected chi connectivity index (χ1v) is 6.37. The van der Waals surface area contributed by atoms with E-state index in [9.17, 15) is 9.59 Å². The van der Waals surface area contributed by atoms with Crippen molar-refractivity contribution in [1.29, 1.82) is 0 Å². The van der Waals surface area contributed by atoms with Gasteiger partial charge in [-0.3, -0.25) is 14.6 Å². The van der Waals surface area contributed by atoms with Gasteiger partial charge in [-0.15, -0.1) is 0 Å². The van der Waals surface area contributed by atoms with Crippen molar-refractivity contribution in [3.05, 3.63) is 24.5 Å². The van der Waals surface area contributed by atoms with Crippen molar-refractivity contribution in [2.45, 2.75) is 31.2 Å². The Balaban J connectivity index is 1.79. The fourth-order valence-corrected chi connectivity index (χ4v) is 2.21. The van der Waals surface area contributed by atoms with Gasteiger partial charge in [0, 0.05) is 6.20 Å². The molecule has 6 heteroatoms. The zero-order valence-electron chi connectivity index (χ0n) is 10.7. The average molecular weight is 262 g/mol. The molecule has 4 N–H and O–H groups in total. The summed E-state index contributed by atoms with van der Waals surface area (Å²) in [5, 5.41) is 5.23. The van der Waals surface area contributed by atoms with Crippen LogP contribution >= 0.6 is 0 Å². The number of anilines is 1. The van der Waals surface area contributed by atoms with Crippen molar-refractivity contribution in [1.82, 2.24) is 10.3 Å². The van der Waals surface area contributed by atoms with Crippen molar-refractivity contribution >= 4 is 17.5 Å². The monoisotopic (exact) mass is 262 g/mol. The first-order chi connectivity index (χ1) is 9.10. The van der Waals surface area contributed by atoms with Crippen LogP contribution in [-0.4, -0.2) is 28.9 Å². The van der Waals surface area contributed by atoms with Crippen LogP contribution in [0.1, 0.15) is 25.7 Å². The number of hydrogen-bond acceptors (Lipinski definition) is 4. The zero-order valence-corrected chi connectivity index (χ0v) is 10.7. The van der Waals surface area contributed by atoms with Gasteiger partial charge in [0.15, 0.2) is 0 Å². The summed E-state index contributed by atoms with van der Waals surface area (Å²) in [4.78, 5) is 27.4. The van der Waals surface area contributed by atoms with Crippen LogP contribution in [0.3, 0.4) is 0 Å². The molecule has 0 bridgehead atoms. The summed E-state index contributed by atoms with van der Waals surface area (Å²) < 4.78 is 0. The van der Waals surface area contributed by atoms with Crippen molar-refractivity contribution in [3.63, 3.8) is 0 Å². The van der Waals surface area contributed by atoms with E-state index in [1.54, 1.807) is 24.5 Å². The molecule has 2 amide bonds. The normalized spacial score (nSPS) is 16.9. The van der Waals surface area contributed by atoms with Crippen LogP contribution in [0.25, 0.3) is 0 Å². The molecule has 0 unspecified atom stereocenters. The van der Waals surface area contributed by atoms with Crippen LogP contribution in [0.4, 0.5) is 5.69 Å². The Morgan fingerprint density at radius 3 is 2.74 bits per heavy atom. The third-order valence-electron chi connectivity index (χ3n) is 3.30. The van der Waals surface area contributed by atoms with Crippen molar-refractivity contribution in [3.8, 4) is 0 Å². The van der Waals surface area contributed by atoms with Crippen LogP contribution in [-0.2, 0) is 9.59 Å². The van der Waals surface area contributed by atoms with Gasteiger partial charge in [0.05, 0.1) is 24.0 Å². The predicted molar refractivity (Wildman–Crippen MR) is 71.3 cm³/mol. The largest absolute Gasteiger partial charge is 0.345 e. The minimum absolute atomic E-state index is 0.0767. The van der Waals surface area contributed by atoms with Crippen molar-refractivity contribution in [2.24, 2.45) is 5.73 Å². The SMILES string of the molecule is NC1(C(=O)NCC(=O)Nc2cccnc2)CCCC1. The molecular formula is C13H18N4O2. The lowest BCUT2D eigenvalue weighted by Gasteiger charge is -2.21. The summed E-state index contributed by atoms with van der Waals surface area (Å²) in [5.41, 5.74) is 5.79. The van der Waals surface area contributed by atoms with Crippen LogP contribution in [0.5, 0.6) is 0 Å². The Hall–Kier alpha value is -1.95. The average Bonchev–Trinajstić information content (AvgIpc) is 2.85. The van der Waals surface area contributed by atoms with Gasteiger partial charge in [0.25, 0.3) is 0 Å². The van der Waals surface area contributed by atoms with Gasteiger partial charge in [-0.25, -0.2) is 0 Å². The fraction of sp³-hybridized carbons (Fsp3) is 0.462. The number of aromatic nitrogens is 1. The molecule has 1 heterocycles. The lowest BCUT2D eigenvalue weighted by molar-refractivity contribution is -0.128. The van der Waals surface area contributed by atoms with E-state index >= 15 is 0 Å². The number of nitrogens with zero attached hydrogens (tertiary/aromatic N) is 1. The summed E-state index contributed by atoms with van der Waals surface area (Å²) in [5.74, 6) is -0.533. The minimum Gasteiger partial charge on any atom is -0.345 e. The number of carbonyl (C=O) groups excluding carboxylic acids is 2. The zero-order chi connectivity index (χ0) is 13.7. The van der Waals surface area contributed by atoms with E-state index in [1.165, 1.54) is 0 Å². The number of amides is 2. The van der Waals surface area contributed by atoms with Gasteiger partial charge in [-0.2, -0.15) is 0 Å². The molecule has 19 heavy (non-hydrogen) atoms. The molecule has 1 aromatic rings. The van der Waals surface area contributed by atoms with Gasteiger partial charge < -0.3 is 16.4 Å². The van der Waals surface area contributed by atoms with E-state index < -0.39 is 5.54 Å². The van der Waals surface area contributed by atoms with E-state index in [2.05, 4.69) is 15.6 Å². The highest BCUT2D eigenvalue weighted by Crippen LogP contribution is 2.27. The summed E-state index contributed by atoms with van der Waals surface area (Å²) >= 11 is 0. The third kappa shape index (κ3) is 3.51. The Morgan fingerprint density at radius 1 is 1.37 bits per heavy atom. The molecule has 102 valence electrons. The maximum atomic E-state index is 11.9. The molecule has 0 saturated heterocycles. The lowest BCUT2D eigenvalue weighted by atomic mass is 9.98. The lowest BCUT2D eigenvalue weighted by Crippen LogP contribution is -2.53. The predicted octanol–water partition coefficient (Wildman–Crippen LogP) is 0.408.